The van der Waals surface area contributed by atoms with Crippen LogP contribution >= 0.6 is 43.6 Å². The number of hydrogen-bond donors (Lipinski definition) is 0. The molecule has 0 radical (unpaired) electrons. The Kier molecular flexibility index (Phi) is 5.01. The number of thioether (sulfide) groups is 1. The molecule has 0 aliphatic heterocycles. The van der Waals surface area contributed by atoms with Gasteiger partial charge in [-0.15, -0.1) is 0 Å². The van der Waals surface area contributed by atoms with Gasteiger partial charge in [-0.1, -0.05) is 15.9 Å². The van der Waals surface area contributed by atoms with Crippen LogP contribution in [0, 0.1) is 0 Å². The van der Waals surface area contributed by atoms with E-state index in [4.69, 9.17) is 0 Å². The lowest BCUT2D eigenvalue weighted by atomic mass is 10.2. The lowest BCUT2D eigenvalue weighted by Gasteiger charge is -2.11. The van der Waals surface area contributed by atoms with Gasteiger partial charge in [-0.2, -0.15) is 0 Å². The van der Waals surface area contributed by atoms with Crippen molar-refractivity contribution in [1.29, 1.82) is 0 Å². The first kappa shape index (κ1) is 13.7. The molecule has 0 unspecified atom stereocenters. The Bertz CT molecular complexity index is 435. The summed E-state index contributed by atoms with van der Waals surface area (Å²) in [6.07, 6.45) is 0.737. The molecule has 86 valence electrons. The van der Waals surface area contributed by atoms with Crippen LogP contribution < -0.4 is 0 Å². The van der Waals surface area contributed by atoms with E-state index in [1.165, 1.54) is 4.90 Å². The maximum absolute atomic E-state index is 11.6. The van der Waals surface area contributed by atoms with Gasteiger partial charge in [0, 0.05) is 33.5 Å². The van der Waals surface area contributed by atoms with Gasteiger partial charge < -0.3 is 4.90 Å². The van der Waals surface area contributed by atoms with Gasteiger partial charge >= 0.3 is 0 Å². The third kappa shape index (κ3) is 3.33. The van der Waals surface area contributed by atoms with E-state index in [0.717, 1.165) is 27.0 Å². The van der Waals surface area contributed by atoms with Crippen molar-refractivity contribution in [3.63, 3.8) is 0 Å². The summed E-state index contributed by atoms with van der Waals surface area (Å²) >= 11 is 7.65. The van der Waals surface area contributed by atoms with Crippen LogP contribution in [0.5, 0.6) is 0 Å². The van der Waals surface area contributed by atoms with E-state index in [1.807, 2.05) is 0 Å². The Balaban J connectivity index is 3.12. The zero-order valence-electron chi connectivity index (χ0n) is 8.66. The number of amides is 1. The summed E-state index contributed by atoms with van der Waals surface area (Å²) < 4.78 is 1.52. The summed E-state index contributed by atoms with van der Waals surface area (Å²) in [5.74, 6) is 0. The van der Waals surface area contributed by atoms with Crippen molar-refractivity contribution in [2.45, 2.75) is 4.90 Å². The fourth-order valence-electron chi connectivity index (χ4n) is 0.954. The first-order valence-corrected chi connectivity index (χ1v) is 6.69. The largest absolute Gasteiger partial charge is 0.339 e. The summed E-state index contributed by atoms with van der Waals surface area (Å²) in [7, 11) is 3.34. The van der Waals surface area contributed by atoms with Gasteiger partial charge in [0.1, 0.15) is 0 Å². The summed E-state index contributed by atoms with van der Waals surface area (Å²) in [4.78, 5) is 24.6. The van der Waals surface area contributed by atoms with Crippen molar-refractivity contribution in [2.24, 2.45) is 0 Å². The van der Waals surface area contributed by atoms with Crippen LogP contribution in [0.3, 0.4) is 0 Å². The monoisotopic (exact) mass is 365 g/mol. The second kappa shape index (κ2) is 5.84. The molecule has 0 atom stereocenters. The van der Waals surface area contributed by atoms with Crippen molar-refractivity contribution < 1.29 is 9.59 Å². The van der Waals surface area contributed by atoms with Gasteiger partial charge in [-0.05, 0) is 39.8 Å². The molecule has 0 saturated heterocycles. The summed E-state index contributed by atoms with van der Waals surface area (Å²) in [6, 6.07) is 3.49. The molecule has 0 aliphatic rings. The van der Waals surface area contributed by atoms with Crippen LogP contribution in [0.1, 0.15) is 10.4 Å². The molecule has 0 spiro atoms. The average molecular weight is 367 g/mol. The van der Waals surface area contributed by atoms with Gasteiger partial charge in [-0.25, -0.2) is 0 Å². The third-order valence-electron chi connectivity index (χ3n) is 1.72. The van der Waals surface area contributed by atoms with Gasteiger partial charge in [-0.3, -0.25) is 9.59 Å². The fraction of sp³-hybridized carbons (Fsp3) is 0.200. The number of carbonyl (C=O) groups is 2. The smallest absolute Gasteiger partial charge is 0.285 e. The van der Waals surface area contributed by atoms with Crippen molar-refractivity contribution in [3.8, 4) is 0 Å². The van der Waals surface area contributed by atoms with Gasteiger partial charge in [0.05, 0.1) is 0 Å². The predicted molar refractivity (Wildman–Crippen MR) is 72.2 cm³/mol. The Hall–Kier alpha value is -0.330. The topological polar surface area (TPSA) is 37.4 Å². The standard InChI is InChI=1S/C10H9Br2NO2S/c1-13(2)10(15)16-9-6(5-14)3-7(11)4-8(9)12/h3-5H,1-2H3. The maximum Gasteiger partial charge on any atom is 0.285 e. The molecule has 1 rings (SSSR count). The highest BCUT2D eigenvalue weighted by molar-refractivity contribution is 9.11. The van der Waals surface area contributed by atoms with Crippen molar-refractivity contribution in [3.05, 3.63) is 26.6 Å². The molecule has 1 aromatic carbocycles. The second-order valence-electron chi connectivity index (χ2n) is 3.19. The molecule has 1 aromatic rings. The number of nitrogens with zero attached hydrogens (tertiary/aromatic N) is 1. The van der Waals surface area contributed by atoms with E-state index in [2.05, 4.69) is 31.9 Å². The zero-order valence-corrected chi connectivity index (χ0v) is 12.6. The summed E-state index contributed by atoms with van der Waals surface area (Å²) in [6.45, 7) is 0. The molecule has 16 heavy (non-hydrogen) atoms. The minimum absolute atomic E-state index is 0.119. The number of halogens is 2. The van der Waals surface area contributed by atoms with Crippen molar-refractivity contribution >= 4 is 55.1 Å². The van der Waals surface area contributed by atoms with E-state index >= 15 is 0 Å². The number of rotatable bonds is 2. The SMILES string of the molecule is CN(C)C(=O)Sc1c(Br)cc(Br)cc1C=O. The zero-order chi connectivity index (χ0) is 12.3. The first-order chi connectivity index (χ1) is 7.45. The van der Waals surface area contributed by atoms with E-state index in [9.17, 15) is 9.59 Å². The molecule has 6 heteroatoms. The van der Waals surface area contributed by atoms with Crippen molar-refractivity contribution in [2.75, 3.05) is 14.1 Å². The van der Waals surface area contributed by atoms with Crippen LogP contribution in [0.15, 0.2) is 26.0 Å². The number of benzene rings is 1. The van der Waals surface area contributed by atoms with Crippen LogP contribution in [0.25, 0.3) is 0 Å². The Labute approximate surface area is 115 Å². The third-order valence-corrected chi connectivity index (χ3v) is 4.26. The highest BCUT2D eigenvalue weighted by atomic mass is 79.9. The molecular formula is C10H9Br2NO2S. The van der Waals surface area contributed by atoms with Crippen LogP contribution in [0.2, 0.25) is 0 Å². The van der Waals surface area contributed by atoms with Gasteiger partial charge in [0.2, 0.25) is 0 Å². The quantitative estimate of drug-likeness (QED) is 0.590. The molecule has 0 fully saturated rings. The van der Waals surface area contributed by atoms with Crippen LogP contribution in [0.4, 0.5) is 4.79 Å². The van der Waals surface area contributed by atoms with Crippen LogP contribution in [-0.4, -0.2) is 30.5 Å². The molecular weight excluding hydrogens is 358 g/mol. The average Bonchev–Trinajstić information content (AvgIpc) is 2.21. The molecule has 3 nitrogen and oxygen atoms in total. The van der Waals surface area contributed by atoms with Gasteiger partial charge in [0.15, 0.2) is 6.29 Å². The minimum Gasteiger partial charge on any atom is -0.339 e. The lowest BCUT2D eigenvalue weighted by Crippen LogP contribution is -2.16. The van der Waals surface area contributed by atoms with E-state index < -0.39 is 0 Å². The van der Waals surface area contributed by atoms with E-state index in [0.29, 0.717) is 10.5 Å². The Morgan fingerprint density at radius 2 is 2.00 bits per heavy atom. The molecule has 0 aromatic heterocycles. The Morgan fingerprint density at radius 1 is 1.38 bits per heavy atom. The summed E-state index contributed by atoms with van der Waals surface area (Å²) in [5.41, 5.74) is 0.487. The molecule has 0 saturated carbocycles. The first-order valence-electron chi connectivity index (χ1n) is 4.29. The van der Waals surface area contributed by atoms with E-state index in [1.54, 1.807) is 26.2 Å². The lowest BCUT2D eigenvalue weighted by molar-refractivity contribution is 0.112. The predicted octanol–water partition coefficient (Wildman–Crippen LogP) is 3.80. The maximum atomic E-state index is 11.6. The highest BCUT2D eigenvalue weighted by Gasteiger charge is 2.14. The van der Waals surface area contributed by atoms with E-state index in [-0.39, 0.29) is 5.24 Å². The number of aldehydes is 1. The second-order valence-corrected chi connectivity index (χ2v) is 5.92. The van der Waals surface area contributed by atoms with Crippen LogP contribution in [-0.2, 0) is 0 Å². The molecule has 0 heterocycles. The fourth-order valence-corrected chi connectivity index (χ4v) is 3.19. The molecule has 0 N–H and O–H groups in total. The van der Waals surface area contributed by atoms with Crippen molar-refractivity contribution in [1.82, 2.24) is 4.90 Å². The molecule has 0 bridgehead atoms. The highest BCUT2D eigenvalue weighted by Crippen LogP contribution is 2.34. The Morgan fingerprint density at radius 3 is 2.50 bits per heavy atom. The molecule has 1 amide bonds. The summed E-state index contributed by atoms with van der Waals surface area (Å²) in [5, 5.41) is -0.119. The minimum atomic E-state index is -0.119. The normalized spacial score (nSPS) is 10.0. The molecule has 0 aliphatic carbocycles. The van der Waals surface area contributed by atoms with Gasteiger partial charge in [0.25, 0.3) is 5.24 Å². The number of hydrogen-bond acceptors (Lipinski definition) is 3. The number of carbonyl (C=O) groups excluding carboxylic acids is 2.